The Hall–Kier alpha value is -1.69. The normalized spacial score (nSPS) is 19.4. The molecule has 0 saturated carbocycles. The summed E-state index contributed by atoms with van der Waals surface area (Å²) in [7, 11) is 0. The molecule has 1 aromatic carbocycles. The number of aliphatic hydroxyl groups is 1. The van der Waals surface area contributed by atoms with Crippen molar-refractivity contribution in [1.29, 1.82) is 0 Å². The smallest absolute Gasteiger partial charge is 0.0900 e. The third-order valence-electron chi connectivity index (χ3n) is 4.85. The van der Waals surface area contributed by atoms with E-state index < -0.39 is 6.10 Å². The number of benzene rings is 1. The molecule has 2 aromatic rings. The number of hydrogen-bond donors (Lipinski definition) is 1. The summed E-state index contributed by atoms with van der Waals surface area (Å²) in [4.78, 5) is 2.38. The maximum Gasteiger partial charge on any atom is 0.0900 e. The zero-order valence-electron chi connectivity index (χ0n) is 15.3. The number of rotatable bonds is 8. The van der Waals surface area contributed by atoms with Gasteiger partial charge in [-0.15, -0.1) is 0 Å². The van der Waals surface area contributed by atoms with Crippen LogP contribution >= 0.6 is 0 Å². The number of likely N-dealkylation sites (tertiary alicyclic amines) is 1. The van der Waals surface area contributed by atoms with Crippen molar-refractivity contribution in [2.75, 3.05) is 19.7 Å². The van der Waals surface area contributed by atoms with E-state index in [4.69, 9.17) is 4.74 Å². The molecule has 0 bridgehead atoms. The summed E-state index contributed by atoms with van der Waals surface area (Å²) >= 11 is 0. The van der Waals surface area contributed by atoms with E-state index in [1.165, 1.54) is 12.1 Å². The number of aryl methyl sites for hydroxylation is 2. The monoisotopic (exact) mass is 343 g/mol. The molecule has 0 spiro atoms. The number of aliphatic hydroxyl groups excluding tert-OH is 1. The van der Waals surface area contributed by atoms with Gasteiger partial charge in [-0.05, 0) is 44.9 Å². The molecule has 3 rings (SSSR count). The molecule has 5 nitrogen and oxygen atoms in total. The molecule has 1 aliphatic rings. The lowest BCUT2D eigenvalue weighted by atomic mass is 10.2. The topological polar surface area (TPSA) is 50.5 Å². The second-order valence-electron chi connectivity index (χ2n) is 7.05. The van der Waals surface area contributed by atoms with Crippen molar-refractivity contribution in [2.45, 2.75) is 52.0 Å². The first kappa shape index (κ1) is 18.1. The minimum atomic E-state index is -0.454. The second kappa shape index (κ2) is 8.61. The molecule has 0 unspecified atom stereocenters. The Labute approximate surface area is 150 Å². The van der Waals surface area contributed by atoms with Crippen LogP contribution in [0.5, 0.6) is 0 Å². The lowest BCUT2D eigenvalue weighted by Gasteiger charge is -2.27. The Morgan fingerprint density at radius 2 is 2.08 bits per heavy atom. The Kier molecular flexibility index (Phi) is 6.24. The van der Waals surface area contributed by atoms with Crippen LogP contribution in [-0.2, 0) is 17.9 Å². The molecule has 136 valence electrons. The van der Waals surface area contributed by atoms with Gasteiger partial charge >= 0.3 is 0 Å². The number of ether oxygens (including phenoxy) is 1. The largest absolute Gasteiger partial charge is 0.389 e. The number of β-amino-alcohol motifs (C(OH)–C–C–N with tert-alkyl or cyclic N) is 1. The van der Waals surface area contributed by atoms with Gasteiger partial charge in [-0.25, -0.2) is 0 Å². The molecule has 1 aliphatic heterocycles. The van der Waals surface area contributed by atoms with Crippen LogP contribution in [0.4, 0.5) is 0 Å². The fourth-order valence-electron chi connectivity index (χ4n) is 3.61. The first-order valence-electron chi connectivity index (χ1n) is 9.16. The van der Waals surface area contributed by atoms with Gasteiger partial charge < -0.3 is 9.84 Å². The lowest BCUT2D eigenvalue weighted by molar-refractivity contribution is 0.00663. The van der Waals surface area contributed by atoms with E-state index in [0.717, 1.165) is 30.8 Å². The van der Waals surface area contributed by atoms with Gasteiger partial charge in [-0.2, -0.15) is 5.10 Å². The van der Waals surface area contributed by atoms with Crippen LogP contribution in [0.25, 0.3) is 0 Å². The summed E-state index contributed by atoms with van der Waals surface area (Å²) in [6, 6.07) is 12.6. The van der Waals surface area contributed by atoms with Crippen molar-refractivity contribution >= 4 is 0 Å². The molecular formula is C20H29N3O2. The number of nitrogens with zero attached hydrogens (tertiary/aromatic N) is 3. The van der Waals surface area contributed by atoms with E-state index in [9.17, 15) is 5.11 Å². The molecule has 1 aromatic heterocycles. The van der Waals surface area contributed by atoms with E-state index in [1.807, 2.05) is 37.3 Å². The van der Waals surface area contributed by atoms with Crippen molar-refractivity contribution < 1.29 is 9.84 Å². The van der Waals surface area contributed by atoms with E-state index in [1.54, 1.807) is 0 Å². The molecule has 5 heteroatoms. The van der Waals surface area contributed by atoms with Crippen molar-refractivity contribution in [3.8, 4) is 0 Å². The molecule has 2 heterocycles. The van der Waals surface area contributed by atoms with Gasteiger partial charge in [-0.3, -0.25) is 9.58 Å². The van der Waals surface area contributed by atoms with Crippen LogP contribution in [0, 0.1) is 13.8 Å². The molecule has 0 aliphatic carbocycles. The lowest BCUT2D eigenvalue weighted by Crippen LogP contribution is -2.40. The van der Waals surface area contributed by atoms with Crippen LogP contribution in [0.1, 0.15) is 29.8 Å². The van der Waals surface area contributed by atoms with Crippen molar-refractivity contribution in [1.82, 2.24) is 14.7 Å². The minimum absolute atomic E-state index is 0.373. The summed E-state index contributed by atoms with van der Waals surface area (Å²) in [5, 5.41) is 14.9. The minimum Gasteiger partial charge on any atom is -0.389 e. The first-order valence-corrected chi connectivity index (χ1v) is 9.16. The fourth-order valence-corrected chi connectivity index (χ4v) is 3.61. The summed E-state index contributed by atoms with van der Waals surface area (Å²) < 4.78 is 7.77. The number of hydrogen-bond acceptors (Lipinski definition) is 4. The Balaban J connectivity index is 1.45. The fraction of sp³-hybridized carbons (Fsp3) is 0.550. The highest BCUT2D eigenvalue weighted by Crippen LogP contribution is 2.20. The quantitative estimate of drug-likeness (QED) is 0.800. The van der Waals surface area contributed by atoms with Crippen molar-refractivity contribution in [3.05, 3.63) is 53.3 Å². The maximum absolute atomic E-state index is 10.3. The van der Waals surface area contributed by atoms with Crippen LogP contribution in [-0.4, -0.2) is 51.6 Å². The van der Waals surface area contributed by atoms with Gasteiger partial charge in [0.1, 0.15) is 0 Å². The average molecular weight is 343 g/mol. The molecule has 1 saturated heterocycles. The molecular weight excluding hydrogens is 314 g/mol. The zero-order valence-corrected chi connectivity index (χ0v) is 15.3. The summed E-state index contributed by atoms with van der Waals surface area (Å²) in [5.74, 6) is 0. The number of aromatic nitrogens is 2. The van der Waals surface area contributed by atoms with E-state index in [-0.39, 0.29) is 0 Å². The summed E-state index contributed by atoms with van der Waals surface area (Å²) in [5.41, 5.74) is 3.41. The van der Waals surface area contributed by atoms with Gasteiger partial charge in [0.2, 0.25) is 0 Å². The van der Waals surface area contributed by atoms with Crippen molar-refractivity contribution in [3.63, 3.8) is 0 Å². The average Bonchev–Trinajstić information content (AvgIpc) is 3.15. The predicted molar refractivity (Wildman–Crippen MR) is 98.4 cm³/mol. The SMILES string of the molecule is Cc1cc(C)n(C[C@H]2CCCN2C[C@@H](O)COCc2ccccc2)n1. The maximum atomic E-state index is 10.3. The first-order chi connectivity index (χ1) is 12.1. The third-order valence-corrected chi connectivity index (χ3v) is 4.85. The zero-order chi connectivity index (χ0) is 17.6. The third kappa shape index (κ3) is 5.14. The van der Waals surface area contributed by atoms with Gasteiger partial charge in [0.05, 0.1) is 31.6 Å². The molecule has 1 N–H and O–H groups in total. The van der Waals surface area contributed by atoms with Gasteiger partial charge in [0.15, 0.2) is 0 Å². The highest BCUT2D eigenvalue weighted by molar-refractivity contribution is 5.13. The molecule has 25 heavy (non-hydrogen) atoms. The Morgan fingerprint density at radius 3 is 2.80 bits per heavy atom. The molecule has 0 amide bonds. The van der Waals surface area contributed by atoms with Crippen LogP contribution in [0.2, 0.25) is 0 Å². The van der Waals surface area contributed by atoms with Gasteiger partial charge in [-0.1, -0.05) is 30.3 Å². The van der Waals surface area contributed by atoms with Gasteiger partial charge in [0, 0.05) is 18.3 Å². The molecule has 1 fully saturated rings. The van der Waals surface area contributed by atoms with E-state index in [0.29, 0.717) is 25.8 Å². The highest BCUT2D eigenvalue weighted by Gasteiger charge is 2.27. The van der Waals surface area contributed by atoms with Crippen molar-refractivity contribution in [2.24, 2.45) is 0 Å². The second-order valence-corrected chi connectivity index (χ2v) is 7.05. The summed E-state index contributed by atoms with van der Waals surface area (Å²) in [6.07, 6.45) is 1.89. The highest BCUT2D eigenvalue weighted by atomic mass is 16.5. The Morgan fingerprint density at radius 1 is 1.28 bits per heavy atom. The molecule has 2 atom stereocenters. The van der Waals surface area contributed by atoms with Crippen LogP contribution < -0.4 is 0 Å². The summed E-state index contributed by atoms with van der Waals surface area (Å²) in [6.45, 7) is 7.66. The van der Waals surface area contributed by atoms with Crippen LogP contribution in [0.15, 0.2) is 36.4 Å². The van der Waals surface area contributed by atoms with Gasteiger partial charge in [0.25, 0.3) is 0 Å². The van der Waals surface area contributed by atoms with E-state index in [2.05, 4.69) is 27.7 Å². The molecule has 0 radical (unpaired) electrons. The predicted octanol–water partition coefficient (Wildman–Crippen LogP) is 2.54. The van der Waals surface area contributed by atoms with E-state index >= 15 is 0 Å². The Bertz CT molecular complexity index is 656. The van der Waals surface area contributed by atoms with Crippen LogP contribution in [0.3, 0.4) is 0 Å². The standard InChI is InChI=1S/C20H29N3O2/c1-16-11-17(2)23(21-16)12-19-9-6-10-22(19)13-20(24)15-25-14-18-7-4-3-5-8-18/h3-5,7-8,11,19-20,24H,6,9-10,12-15H2,1-2H3/t19-,20-/m1/s1.